The number of aromatic hydroxyl groups is 1. The largest absolute Gasteiger partial charge is 0.507 e. The molecule has 3 amide bonds. The molecule has 53 heavy (non-hydrogen) atoms. The van der Waals surface area contributed by atoms with Gasteiger partial charge in [-0.3, -0.25) is 14.5 Å². The molecule has 15 heteroatoms. The van der Waals surface area contributed by atoms with Gasteiger partial charge in [-0.2, -0.15) is 0 Å². The number of para-hydroxylation sites is 1. The van der Waals surface area contributed by atoms with E-state index in [9.17, 15) is 44.1 Å². The van der Waals surface area contributed by atoms with E-state index in [2.05, 4.69) is 15.4 Å². The molecule has 1 atom stereocenters. The number of aliphatic carboxylic acids is 1. The molecular formula is C38H37N3O12. The molecule has 0 bridgehead atoms. The maximum Gasteiger partial charge on any atom is 0.407 e. The van der Waals surface area contributed by atoms with Crippen molar-refractivity contribution in [2.75, 3.05) is 32.3 Å². The lowest BCUT2D eigenvalue weighted by atomic mass is 10.0. The fourth-order valence-corrected chi connectivity index (χ4v) is 5.30. The number of hydrogen-bond acceptors (Lipinski definition) is 10. The van der Waals surface area contributed by atoms with Gasteiger partial charge in [0.1, 0.15) is 23.1 Å². The number of hydrogen-bond donors (Lipinski definition) is 5. The summed E-state index contributed by atoms with van der Waals surface area (Å²) in [4.78, 5) is 74.6. The minimum atomic E-state index is -1.80. The highest BCUT2D eigenvalue weighted by Gasteiger charge is 2.28. The van der Waals surface area contributed by atoms with Crippen LogP contribution in [0.15, 0.2) is 91.0 Å². The highest BCUT2D eigenvalue weighted by Crippen LogP contribution is 2.35. The molecule has 0 aromatic heterocycles. The van der Waals surface area contributed by atoms with Crippen molar-refractivity contribution in [3.8, 4) is 22.6 Å². The van der Waals surface area contributed by atoms with Gasteiger partial charge in [0, 0.05) is 18.7 Å². The number of amides is 3. The van der Waals surface area contributed by atoms with Crippen molar-refractivity contribution in [2.45, 2.75) is 25.3 Å². The van der Waals surface area contributed by atoms with E-state index in [1.165, 1.54) is 61.7 Å². The number of carboxylic acid groups (broad SMARTS) is 2. The molecule has 0 saturated carbocycles. The second-order valence-electron chi connectivity index (χ2n) is 11.4. The number of aromatic carboxylic acids is 1. The van der Waals surface area contributed by atoms with E-state index in [1.807, 2.05) is 30.3 Å². The van der Waals surface area contributed by atoms with Gasteiger partial charge in [0.25, 0.3) is 0 Å². The third kappa shape index (κ3) is 10.1. The molecule has 5 N–H and O–H groups in total. The Morgan fingerprint density at radius 2 is 1.47 bits per heavy atom. The van der Waals surface area contributed by atoms with Gasteiger partial charge in [0.2, 0.25) is 5.91 Å². The van der Waals surface area contributed by atoms with Crippen LogP contribution in [0, 0.1) is 0 Å². The Labute approximate surface area is 303 Å². The molecule has 0 aliphatic carbocycles. The Kier molecular flexibility index (Phi) is 13.5. The number of phenolic OH excluding ortho intramolecular Hbond substituents is 1. The average Bonchev–Trinajstić information content (AvgIpc) is 3.16. The van der Waals surface area contributed by atoms with E-state index in [0.717, 1.165) is 17.6 Å². The van der Waals surface area contributed by atoms with Crippen molar-refractivity contribution in [3.63, 3.8) is 0 Å². The summed E-state index contributed by atoms with van der Waals surface area (Å²) in [5.74, 6) is -6.02. The van der Waals surface area contributed by atoms with Crippen molar-refractivity contribution in [2.24, 2.45) is 0 Å². The number of benzene rings is 4. The zero-order valence-corrected chi connectivity index (χ0v) is 28.7. The number of carbonyl (C=O) groups excluding carboxylic acids is 4. The highest BCUT2D eigenvalue weighted by molar-refractivity contribution is 6.39. The molecular weight excluding hydrogens is 690 g/mol. The molecule has 0 saturated heterocycles. The summed E-state index contributed by atoms with van der Waals surface area (Å²) in [6.45, 7) is 0.320. The fourth-order valence-electron chi connectivity index (χ4n) is 5.30. The highest BCUT2D eigenvalue weighted by atomic mass is 16.5. The van der Waals surface area contributed by atoms with Crippen LogP contribution in [0.4, 0.5) is 16.2 Å². The van der Waals surface area contributed by atoms with Gasteiger partial charge in [-0.25, -0.2) is 19.2 Å². The minimum Gasteiger partial charge on any atom is -0.507 e. The SMILES string of the molecule is COC(=O)N[C@H](Cc1ccc(N(C(=O)C(=O)O)c2ccccc2C(=O)O)cc1)C(=O)NCCCCOc1cc(-c2ccccc2)cc(O)c1C(=O)OC. The van der Waals surface area contributed by atoms with Gasteiger partial charge < -0.3 is 40.2 Å². The monoisotopic (exact) mass is 727 g/mol. The van der Waals surface area contributed by atoms with Gasteiger partial charge in [0.15, 0.2) is 0 Å². The van der Waals surface area contributed by atoms with E-state index in [0.29, 0.717) is 24.0 Å². The van der Waals surface area contributed by atoms with Crippen LogP contribution in [-0.4, -0.2) is 84.5 Å². The summed E-state index contributed by atoms with van der Waals surface area (Å²) in [7, 11) is 2.34. The minimum absolute atomic E-state index is 0.0273. The Morgan fingerprint density at radius 1 is 0.792 bits per heavy atom. The standard InChI is InChI=1S/C38H37N3O12/c1-51-37(49)32-30(42)21-25(24-10-4-3-5-11-24)22-31(32)53-19-9-8-18-39-33(43)28(40-38(50)52-2)20-23-14-16-26(17-15-23)41(34(44)36(47)48)29-13-7-6-12-27(29)35(45)46/h3-7,10-17,21-22,28,42H,8-9,18-20H2,1-2H3,(H,39,43)(H,40,50)(H,45,46)(H,47,48)/t28-/m1/s1. The molecule has 4 rings (SSSR count). The number of unbranched alkanes of at least 4 members (excludes halogenated alkanes) is 1. The van der Waals surface area contributed by atoms with Crippen LogP contribution in [0.1, 0.15) is 39.1 Å². The Hall–Kier alpha value is -6.90. The lowest BCUT2D eigenvalue weighted by Gasteiger charge is -2.23. The van der Waals surface area contributed by atoms with Crippen LogP contribution in [0.3, 0.4) is 0 Å². The number of esters is 1. The number of phenols is 1. The number of rotatable bonds is 15. The van der Waals surface area contributed by atoms with Crippen LogP contribution in [0.25, 0.3) is 11.1 Å². The molecule has 4 aromatic carbocycles. The van der Waals surface area contributed by atoms with Gasteiger partial charge in [-0.05, 0) is 65.9 Å². The van der Waals surface area contributed by atoms with Crippen LogP contribution in [0.2, 0.25) is 0 Å². The number of ether oxygens (including phenoxy) is 3. The van der Waals surface area contributed by atoms with Gasteiger partial charge in [-0.15, -0.1) is 0 Å². The predicted molar refractivity (Wildman–Crippen MR) is 190 cm³/mol. The first kappa shape index (κ1) is 38.9. The Balaban J connectivity index is 1.40. The molecule has 15 nitrogen and oxygen atoms in total. The van der Waals surface area contributed by atoms with Gasteiger partial charge in [-0.1, -0.05) is 54.6 Å². The van der Waals surface area contributed by atoms with Gasteiger partial charge >= 0.3 is 29.9 Å². The number of alkyl carbamates (subject to hydrolysis) is 1. The van der Waals surface area contributed by atoms with E-state index >= 15 is 0 Å². The van der Waals surface area contributed by atoms with Crippen LogP contribution in [-0.2, 0) is 30.3 Å². The number of nitrogens with one attached hydrogen (secondary N) is 2. The summed E-state index contributed by atoms with van der Waals surface area (Å²) in [6, 6.07) is 22.4. The summed E-state index contributed by atoms with van der Waals surface area (Å²) >= 11 is 0. The topological polar surface area (TPSA) is 218 Å². The number of nitrogens with zero attached hydrogens (tertiary/aromatic N) is 1. The Bertz CT molecular complexity index is 1970. The second kappa shape index (κ2) is 18.4. The fraction of sp³-hybridized carbons (Fsp3) is 0.211. The number of anilines is 2. The van der Waals surface area contributed by atoms with E-state index in [1.54, 1.807) is 6.07 Å². The van der Waals surface area contributed by atoms with Crippen molar-refractivity contribution in [3.05, 3.63) is 108 Å². The molecule has 0 aliphatic rings. The maximum atomic E-state index is 13.2. The lowest BCUT2D eigenvalue weighted by molar-refractivity contribution is -0.148. The number of carbonyl (C=O) groups is 6. The predicted octanol–water partition coefficient (Wildman–Crippen LogP) is 4.54. The summed E-state index contributed by atoms with van der Waals surface area (Å²) in [5, 5.41) is 34.9. The van der Waals surface area contributed by atoms with Crippen LogP contribution in [0.5, 0.6) is 11.5 Å². The molecule has 0 heterocycles. The molecule has 0 aliphatic heterocycles. The normalized spacial score (nSPS) is 11.1. The lowest BCUT2D eigenvalue weighted by Crippen LogP contribution is -2.48. The molecule has 0 spiro atoms. The van der Waals surface area contributed by atoms with Crippen molar-refractivity contribution >= 4 is 47.2 Å². The zero-order valence-electron chi connectivity index (χ0n) is 28.7. The van der Waals surface area contributed by atoms with E-state index < -0.39 is 41.9 Å². The summed E-state index contributed by atoms with van der Waals surface area (Å²) in [6.07, 6.45) is -0.0135. The molecule has 276 valence electrons. The Morgan fingerprint density at radius 3 is 2.11 bits per heavy atom. The van der Waals surface area contributed by atoms with E-state index in [-0.39, 0.29) is 53.6 Å². The molecule has 0 radical (unpaired) electrons. The quantitative estimate of drug-likeness (QED) is 0.0648. The first-order valence-corrected chi connectivity index (χ1v) is 16.2. The van der Waals surface area contributed by atoms with Crippen molar-refractivity contribution in [1.82, 2.24) is 10.6 Å². The van der Waals surface area contributed by atoms with Crippen LogP contribution >= 0.6 is 0 Å². The summed E-state index contributed by atoms with van der Waals surface area (Å²) in [5.41, 5.74) is 1.43. The molecule has 4 aromatic rings. The first-order chi connectivity index (χ1) is 25.4. The third-order valence-electron chi connectivity index (χ3n) is 7.90. The smallest absolute Gasteiger partial charge is 0.407 e. The second-order valence-corrected chi connectivity index (χ2v) is 11.4. The number of carboxylic acids is 2. The summed E-state index contributed by atoms with van der Waals surface area (Å²) < 4.78 is 15.4. The van der Waals surface area contributed by atoms with E-state index in [4.69, 9.17) is 9.47 Å². The zero-order chi connectivity index (χ0) is 38.5. The van der Waals surface area contributed by atoms with Crippen LogP contribution < -0.4 is 20.3 Å². The average molecular weight is 728 g/mol. The van der Waals surface area contributed by atoms with Crippen molar-refractivity contribution < 1.29 is 58.3 Å². The molecule has 0 unspecified atom stereocenters. The molecule has 0 fully saturated rings. The number of methoxy groups -OCH3 is 2. The third-order valence-corrected chi connectivity index (χ3v) is 7.90. The maximum absolute atomic E-state index is 13.2. The first-order valence-electron chi connectivity index (χ1n) is 16.2. The van der Waals surface area contributed by atoms with Crippen molar-refractivity contribution in [1.29, 1.82) is 0 Å². The van der Waals surface area contributed by atoms with Gasteiger partial charge in [0.05, 0.1) is 32.1 Å².